The number of hydrogen-bond donors (Lipinski definition) is 1. The van der Waals surface area contributed by atoms with E-state index in [1.807, 2.05) is 12.3 Å². The Morgan fingerprint density at radius 2 is 2.47 bits per heavy atom. The molecule has 1 unspecified atom stereocenters. The van der Waals surface area contributed by atoms with Crippen molar-refractivity contribution in [1.82, 2.24) is 4.98 Å². The van der Waals surface area contributed by atoms with E-state index in [4.69, 9.17) is 5.73 Å². The topological polar surface area (TPSA) is 56.0 Å². The van der Waals surface area contributed by atoms with Crippen molar-refractivity contribution < 1.29 is 4.79 Å². The molecule has 0 aliphatic heterocycles. The van der Waals surface area contributed by atoms with Gasteiger partial charge in [-0.1, -0.05) is 11.8 Å². The average Bonchev–Trinajstić information content (AvgIpc) is 2.19. The number of pyridine rings is 1. The van der Waals surface area contributed by atoms with Crippen molar-refractivity contribution in [1.29, 1.82) is 0 Å². The fourth-order valence-corrected chi connectivity index (χ4v) is 2.95. The third-order valence-corrected chi connectivity index (χ3v) is 3.76. The van der Waals surface area contributed by atoms with E-state index >= 15 is 0 Å². The zero-order chi connectivity index (χ0) is 10.8. The van der Waals surface area contributed by atoms with Gasteiger partial charge in [-0.05, 0) is 43.4 Å². The molecule has 0 fully saturated rings. The Hall–Kier alpha value is -1.03. The fraction of sp³-hybridized carbons (Fsp3) is 0.455. The summed E-state index contributed by atoms with van der Waals surface area (Å²) in [5.41, 5.74) is 8.86. The van der Waals surface area contributed by atoms with Gasteiger partial charge in [-0.2, -0.15) is 0 Å². The van der Waals surface area contributed by atoms with E-state index in [9.17, 15) is 4.79 Å². The van der Waals surface area contributed by atoms with E-state index in [2.05, 4.69) is 11.9 Å². The van der Waals surface area contributed by atoms with E-state index in [0.717, 1.165) is 25.0 Å². The number of carbonyl (C=O) groups excluding carboxylic acids is 1. The number of aromatic nitrogens is 1. The van der Waals surface area contributed by atoms with Crippen molar-refractivity contribution in [3.05, 3.63) is 29.1 Å². The summed E-state index contributed by atoms with van der Waals surface area (Å²) in [6.45, 7) is 2.10. The standard InChI is InChI=1S/C11H14N2OS/c1-7-5-6-13-10-8(7)3-2-4-9(10)15-11(12)14/h5-6,9H,2-4H2,1H3,(H2,12,14). The molecule has 15 heavy (non-hydrogen) atoms. The summed E-state index contributed by atoms with van der Waals surface area (Å²) in [5, 5.41) is -0.151. The summed E-state index contributed by atoms with van der Waals surface area (Å²) in [5.74, 6) is 0. The molecule has 0 saturated heterocycles. The summed E-state index contributed by atoms with van der Waals surface area (Å²) in [6, 6.07) is 2.02. The first-order valence-corrected chi connectivity index (χ1v) is 5.97. The zero-order valence-corrected chi connectivity index (χ0v) is 9.51. The van der Waals surface area contributed by atoms with Gasteiger partial charge >= 0.3 is 0 Å². The van der Waals surface area contributed by atoms with Crippen LogP contribution in [0.1, 0.15) is 34.9 Å². The molecule has 0 bridgehead atoms. The lowest BCUT2D eigenvalue weighted by Gasteiger charge is -2.23. The smallest absolute Gasteiger partial charge is 0.277 e. The van der Waals surface area contributed by atoms with Crippen molar-refractivity contribution in [2.45, 2.75) is 31.4 Å². The molecule has 1 heterocycles. The average molecular weight is 222 g/mol. The van der Waals surface area contributed by atoms with Crippen molar-refractivity contribution in [2.75, 3.05) is 0 Å². The van der Waals surface area contributed by atoms with E-state index in [1.54, 1.807) is 0 Å². The quantitative estimate of drug-likeness (QED) is 0.794. The van der Waals surface area contributed by atoms with Crippen LogP contribution in [0.25, 0.3) is 0 Å². The van der Waals surface area contributed by atoms with E-state index in [1.165, 1.54) is 22.9 Å². The van der Waals surface area contributed by atoms with Crippen LogP contribution in [0.5, 0.6) is 0 Å². The molecule has 0 aromatic carbocycles. The number of rotatable bonds is 1. The zero-order valence-electron chi connectivity index (χ0n) is 8.69. The number of nitrogens with zero attached hydrogens (tertiary/aromatic N) is 1. The van der Waals surface area contributed by atoms with Crippen LogP contribution >= 0.6 is 11.8 Å². The van der Waals surface area contributed by atoms with Crippen LogP contribution in [0.3, 0.4) is 0 Å². The maximum Gasteiger partial charge on any atom is 0.277 e. The van der Waals surface area contributed by atoms with Crippen molar-refractivity contribution >= 4 is 17.0 Å². The van der Waals surface area contributed by atoms with Crippen molar-refractivity contribution in [3.8, 4) is 0 Å². The van der Waals surface area contributed by atoms with Gasteiger partial charge in [0.05, 0.1) is 10.9 Å². The minimum Gasteiger partial charge on any atom is -0.360 e. The molecule has 4 heteroatoms. The number of nitrogens with two attached hydrogens (primary N) is 1. The fourth-order valence-electron chi connectivity index (χ4n) is 2.07. The SMILES string of the molecule is Cc1ccnc2c1CCCC2SC(N)=O. The summed E-state index contributed by atoms with van der Waals surface area (Å²) < 4.78 is 0. The maximum absolute atomic E-state index is 10.9. The first-order valence-electron chi connectivity index (χ1n) is 5.09. The first kappa shape index (κ1) is 10.5. The number of hydrogen-bond acceptors (Lipinski definition) is 3. The summed E-state index contributed by atoms with van der Waals surface area (Å²) in [6.07, 6.45) is 5.00. The predicted octanol–water partition coefficient (Wildman–Crippen LogP) is 2.58. The normalized spacial score (nSPS) is 19.7. The van der Waals surface area contributed by atoms with Gasteiger partial charge in [0.15, 0.2) is 0 Å². The van der Waals surface area contributed by atoms with Gasteiger partial charge in [-0.25, -0.2) is 0 Å². The molecule has 2 rings (SSSR count). The molecule has 1 amide bonds. The molecule has 2 N–H and O–H groups in total. The Labute approximate surface area is 93.5 Å². The second kappa shape index (κ2) is 4.23. The molecule has 1 aromatic heterocycles. The largest absolute Gasteiger partial charge is 0.360 e. The molecule has 80 valence electrons. The highest BCUT2D eigenvalue weighted by atomic mass is 32.2. The Bertz CT molecular complexity index is 392. The minimum absolute atomic E-state index is 0.158. The highest BCUT2D eigenvalue weighted by molar-refractivity contribution is 8.13. The van der Waals surface area contributed by atoms with Gasteiger partial charge in [0.2, 0.25) is 0 Å². The van der Waals surface area contributed by atoms with Crippen LogP contribution in [0.2, 0.25) is 0 Å². The van der Waals surface area contributed by atoms with E-state index in [-0.39, 0.29) is 10.5 Å². The number of primary amides is 1. The maximum atomic E-state index is 10.9. The molecule has 0 radical (unpaired) electrons. The Balaban J connectivity index is 2.34. The van der Waals surface area contributed by atoms with Crippen LogP contribution in [0.15, 0.2) is 12.3 Å². The van der Waals surface area contributed by atoms with Crippen LogP contribution in [0, 0.1) is 6.92 Å². The van der Waals surface area contributed by atoms with E-state index in [0.29, 0.717) is 0 Å². The van der Waals surface area contributed by atoms with Crippen molar-refractivity contribution in [3.63, 3.8) is 0 Å². The summed E-state index contributed by atoms with van der Waals surface area (Å²) >= 11 is 1.20. The summed E-state index contributed by atoms with van der Waals surface area (Å²) in [7, 11) is 0. The Morgan fingerprint density at radius 3 is 3.20 bits per heavy atom. The van der Waals surface area contributed by atoms with Crippen LogP contribution in [0.4, 0.5) is 4.79 Å². The number of fused-ring (bicyclic) bond motifs is 1. The third-order valence-electron chi connectivity index (χ3n) is 2.78. The lowest BCUT2D eigenvalue weighted by atomic mass is 9.92. The van der Waals surface area contributed by atoms with Crippen LogP contribution in [-0.4, -0.2) is 10.2 Å². The van der Waals surface area contributed by atoms with E-state index < -0.39 is 0 Å². The molecule has 1 aliphatic carbocycles. The monoisotopic (exact) mass is 222 g/mol. The first-order chi connectivity index (χ1) is 7.18. The van der Waals surface area contributed by atoms with Crippen LogP contribution < -0.4 is 5.73 Å². The number of carbonyl (C=O) groups is 1. The van der Waals surface area contributed by atoms with Gasteiger partial charge in [0.25, 0.3) is 5.24 Å². The highest BCUT2D eigenvalue weighted by Gasteiger charge is 2.24. The molecule has 1 atom stereocenters. The molecule has 1 aromatic rings. The van der Waals surface area contributed by atoms with Crippen LogP contribution in [-0.2, 0) is 6.42 Å². The van der Waals surface area contributed by atoms with Gasteiger partial charge in [-0.15, -0.1) is 0 Å². The highest BCUT2D eigenvalue weighted by Crippen LogP contribution is 2.39. The minimum atomic E-state index is -0.309. The predicted molar refractivity (Wildman–Crippen MR) is 61.8 cm³/mol. The molecule has 1 aliphatic rings. The molecule has 3 nitrogen and oxygen atoms in total. The number of amides is 1. The molecular formula is C11H14N2OS. The van der Waals surface area contributed by atoms with Crippen molar-refractivity contribution in [2.24, 2.45) is 5.73 Å². The summed E-state index contributed by atoms with van der Waals surface area (Å²) in [4.78, 5) is 15.3. The van der Waals surface area contributed by atoms with Gasteiger partial charge < -0.3 is 5.73 Å². The Kier molecular flexibility index (Phi) is 2.95. The number of aryl methyl sites for hydroxylation is 1. The lowest BCUT2D eigenvalue weighted by molar-refractivity contribution is 0.267. The van der Waals surface area contributed by atoms with Gasteiger partial charge in [0.1, 0.15) is 0 Å². The second-order valence-electron chi connectivity index (χ2n) is 3.81. The molecular weight excluding hydrogens is 208 g/mol. The third kappa shape index (κ3) is 2.15. The Morgan fingerprint density at radius 1 is 1.67 bits per heavy atom. The lowest BCUT2D eigenvalue weighted by Crippen LogP contribution is -2.14. The number of thioether (sulfide) groups is 1. The second-order valence-corrected chi connectivity index (χ2v) is 5.02. The van der Waals surface area contributed by atoms with Gasteiger partial charge in [0, 0.05) is 6.20 Å². The van der Waals surface area contributed by atoms with Gasteiger partial charge in [-0.3, -0.25) is 9.78 Å². The molecule has 0 spiro atoms. The molecule has 0 saturated carbocycles.